The third-order valence-electron chi connectivity index (χ3n) is 4.04. The van der Waals surface area contributed by atoms with Crippen LogP contribution in [0.25, 0.3) is 0 Å². The highest BCUT2D eigenvalue weighted by molar-refractivity contribution is 5.70. The van der Waals surface area contributed by atoms with Gasteiger partial charge in [0.15, 0.2) is 0 Å². The Morgan fingerprint density at radius 1 is 1.35 bits per heavy atom. The van der Waals surface area contributed by atoms with Crippen LogP contribution in [-0.4, -0.2) is 38.9 Å². The average Bonchev–Trinajstić information content (AvgIpc) is 2.28. The first-order valence-electron chi connectivity index (χ1n) is 6.68. The van der Waals surface area contributed by atoms with Gasteiger partial charge in [-0.2, -0.15) is 0 Å². The number of hydrogen-bond acceptors (Lipinski definition) is 4. The van der Waals surface area contributed by atoms with Gasteiger partial charge in [0, 0.05) is 13.1 Å². The molecule has 1 saturated carbocycles. The Labute approximate surface area is 103 Å². The van der Waals surface area contributed by atoms with Crippen LogP contribution in [0.5, 0.6) is 0 Å². The summed E-state index contributed by atoms with van der Waals surface area (Å²) in [4.78, 5) is 11.1. The molecule has 2 rings (SSSR count). The predicted molar refractivity (Wildman–Crippen MR) is 64.7 cm³/mol. The summed E-state index contributed by atoms with van der Waals surface area (Å²) in [6, 6.07) is 0. The van der Waals surface area contributed by atoms with E-state index in [1.165, 1.54) is 38.8 Å². The maximum absolute atomic E-state index is 11.1. The van der Waals surface area contributed by atoms with Crippen LogP contribution < -0.4 is 5.32 Å². The molecule has 0 radical (unpaired) electrons. The number of esters is 1. The van der Waals surface area contributed by atoms with Gasteiger partial charge in [-0.3, -0.25) is 0 Å². The second-order valence-electron chi connectivity index (χ2n) is 5.37. The van der Waals surface area contributed by atoms with Crippen LogP contribution in [0.15, 0.2) is 0 Å². The van der Waals surface area contributed by atoms with Gasteiger partial charge in [0.05, 0.1) is 13.2 Å². The van der Waals surface area contributed by atoms with Gasteiger partial charge in [0.2, 0.25) is 0 Å². The van der Waals surface area contributed by atoms with E-state index in [1.807, 2.05) is 6.92 Å². The van der Waals surface area contributed by atoms with Crippen LogP contribution in [0.2, 0.25) is 0 Å². The number of carbonyl (C=O) groups is 1. The minimum Gasteiger partial charge on any atom is -0.464 e. The fourth-order valence-corrected chi connectivity index (χ4v) is 2.80. The van der Waals surface area contributed by atoms with Crippen LogP contribution in [0.1, 0.15) is 32.6 Å². The molecule has 4 nitrogen and oxygen atoms in total. The van der Waals surface area contributed by atoms with E-state index in [9.17, 15) is 4.79 Å². The molecule has 4 heteroatoms. The van der Waals surface area contributed by atoms with Gasteiger partial charge in [-0.1, -0.05) is 0 Å². The normalized spacial score (nSPS) is 23.4. The van der Waals surface area contributed by atoms with E-state index < -0.39 is 0 Å². The Morgan fingerprint density at radius 2 is 2.06 bits per heavy atom. The zero-order chi connectivity index (χ0) is 12.1. The fraction of sp³-hybridized carbons (Fsp3) is 0.923. The zero-order valence-electron chi connectivity index (χ0n) is 10.7. The van der Waals surface area contributed by atoms with Crippen molar-refractivity contribution in [3.05, 3.63) is 0 Å². The average molecular weight is 241 g/mol. The highest BCUT2D eigenvalue weighted by Crippen LogP contribution is 2.41. The Bertz CT molecular complexity index is 253. The van der Waals surface area contributed by atoms with Crippen LogP contribution in [0, 0.1) is 11.3 Å². The van der Waals surface area contributed by atoms with Crippen LogP contribution >= 0.6 is 0 Å². The maximum atomic E-state index is 11.1. The van der Waals surface area contributed by atoms with Crippen LogP contribution in [0.4, 0.5) is 0 Å². The minimum atomic E-state index is -0.247. The number of ether oxygens (including phenoxy) is 2. The SMILES string of the molecule is CCOC(=O)COCC1CCC2(CC1)CNC2. The standard InChI is InChI=1S/C13H23NO3/c1-2-17-12(15)8-16-7-11-3-5-13(6-4-11)9-14-10-13/h11,14H,2-10H2,1H3. The third kappa shape index (κ3) is 3.42. The van der Waals surface area contributed by atoms with Crippen LogP contribution in [-0.2, 0) is 14.3 Å². The Hall–Kier alpha value is -0.610. The first-order valence-corrected chi connectivity index (χ1v) is 6.68. The lowest BCUT2D eigenvalue weighted by Crippen LogP contribution is -2.55. The predicted octanol–water partition coefficient (Wildman–Crippen LogP) is 1.35. The lowest BCUT2D eigenvalue weighted by molar-refractivity contribution is -0.149. The summed E-state index contributed by atoms with van der Waals surface area (Å²) in [6.45, 7) is 5.46. The third-order valence-corrected chi connectivity index (χ3v) is 4.04. The highest BCUT2D eigenvalue weighted by atomic mass is 16.6. The number of rotatable bonds is 5. The number of carbonyl (C=O) groups excluding carboxylic acids is 1. The van der Waals surface area contributed by atoms with E-state index in [1.54, 1.807) is 0 Å². The summed E-state index contributed by atoms with van der Waals surface area (Å²) in [5.41, 5.74) is 0.609. The van der Waals surface area contributed by atoms with Gasteiger partial charge >= 0.3 is 5.97 Å². The maximum Gasteiger partial charge on any atom is 0.332 e. The summed E-state index contributed by atoms with van der Waals surface area (Å²) in [5, 5.41) is 3.37. The van der Waals surface area contributed by atoms with Crippen LogP contribution in [0.3, 0.4) is 0 Å². The summed E-state index contributed by atoms with van der Waals surface area (Å²) < 4.78 is 10.2. The molecule has 1 saturated heterocycles. The van der Waals surface area contributed by atoms with Gasteiger partial charge in [0.1, 0.15) is 6.61 Å². The molecule has 1 aliphatic carbocycles. The molecule has 1 aliphatic heterocycles. The molecule has 0 aromatic rings. The van der Waals surface area contributed by atoms with E-state index in [2.05, 4.69) is 5.32 Å². The van der Waals surface area contributed by atoms with E-state index in [4.69, 9.17) is 9.47 Å². The van der Waals surface area contributed by atoms with E-state index in [0.717, 1.165) is 0 Å². The van der Waals surface area contributed by atoms with Gasteiger partial charge in [-0.15, -0.1) is 0 Å². The zero-order valence-corrected chi connectivity index (χ0v) is 10.7. The molecule has 0 aromatic heterocycles. The molecular formula is C13H23NO3. The molecule has 0 unspecified atom stereocenters. The first kappa shape index (κ1) is 12.8. The van der Waals surface area contributed by atoms with Crippen molar-refractivity contribution in [2.75, 3.05) is 32.9 Å². The minimum absolute atomic E-state index is 0.108. The van der Waals surface area contributed by atoms with E-state index in [0.29, 0.717) is 24.5 Å². The molecule has 0 atom stereocenters. The summed E-state index contributed by atoms with van der Waals surface area (Å²) in [6.07, 6.45) is 5.11. The lowest BCUT2D eigenvalue weighted by Gasteiger charge is -2.47. The summed E-state index contributed by atoms with van der Waals surface area (Å²) in [7, 11) is 0. The molecule has 2 fully saturated rings. The Morgan fingerprint density at radius 3 is 2.59 bits per heavy atom. The molecule has 2 aliphatic rings. The van der Waals surface area contributed by atoms with E-state index >= 15 is 0 Å². The number of nitrogens with one attached hydrogen (secondary N) is 1. The second kappa shape index (κ2) is 5.83. The lowest BCUT2D eigenvalue weighted by atomic mass is 9.67. The van der Waals surface area contributed by atoms with Gasteiger partial charge in [-0.05, 0) is 43.9 Å². The fourth-order valence-electron chi connectivity index (χ4n) is 2.80. The van der Waals surface area contributed by atoms with Crippen molar-refractivity contribution in [2.45, 2.75) is 32.6 Å². The monoisotopic (exact) mass is 241 g/mol. The van der Waals surface area contributed by atoms with Crippen molar-refractivity contribution >= 4 is 5.97 Å². The molecule has 0 bridgehead atoms. The van der Waals surface area contributed by atoms with Crippen molar-refractivity contribution in [1.29, 1.82) is 0 Å². The van der Waals surface area contributed by atoms with Crippen molar-refractivity contribution in [2.24, 2.45) is 11.3 Å². The molecule has 98 valence electrons. The first-order chi connectivity index (χ1) is 8.24. The van der Waals surface area contributed by atoms with Crippen molar-refractivity contribution in [3.8, 4) is 0 Å². The van der Waals surface area contributed by atoms with Crippen molar-refractivity contribution in [3.63, 3.8) is 0 Å². The number of hydrogen-bond donors (Lipinski definition) is 1. The Balaban J connectivity index is 1.57. The van der Waals surface area contributed by atoms with Crippen molar-refractivity contribution < 1.29 is 14.3 Å². The molecule has 1 spiro atoms. The van der Waals surface area contributed by atoms with Gasteiger partial charge in [-0.25, -0.2) is 4.79 Å². The molecule has 1 N–H and O–H groups in total. The molecule has 0 aromatic carbocycles. The molecule has 17 heavy (non-hydrogen) atoms. The highest BCUT2D eigenvalue weighted by Gasteiger charge is 2.39. The molecule has 1 heterocycles. The van der Waals surface area contributed by atoms with Crippen molar-refractivity contribution in [1.82, 2.24) is 5.32 Å². The quantitative estimate of drug-likeness (QED) is 0.738. The molecular weight excluding hydrogens is 218 g/mol. The smallest absolute Gasteiger partial charge is 0.332 e. The van der Waals surface area contributed by atoms with Gasteiger partial charge < -0.3 is 14.8 Å². The second-order valence-corrected chi connectivity index (χ2v) is 5.37. The van der Waals surface area contributed by atoms with Gasteiger partial charge in [0.25, 0.3) is 0 Å². The summed E-state index contributed by atoms with van der Waals surface area (Å²) in [5.74, 6) is 0.388. The van der Waals surface area contributed by atoms with E-state index in [-0.39, 0.29) is 12.6 Å². The summed E-state index contributed by atoms with van der Waals surface area (Å²) >= 11 is 0. The largest absolute Gasteiger partial charge is 0.464 e. The topological polar surface area (TPSA) is 47.6 Å². The Kier molecular flexibility index (Phi) is 4.40. The molecule has 0 amide bonds.